The van der Waals surface area contributed by atoms with Gasteiger partial charge in [0.05, 0.1) is 33.8 Å². The number of fused-ring (bicyclic) bond motifs is 1. The maximum Gasteiger partial charge on any atom is 0.229 e. The Balaban J connectivity index is 1.30. The summed E-state index contributed by atoms with van der Waals surface area (Å²) in [5.41, 5.74) is 11.3. The Morgan fingerprint density at radius 2 is 1.80 bits per heavy atom. The van der Waals surface area contributed by atoms with Crippen molar-refractivity contribution in [3.8, 4) is 5.75 Å². The summed E-state index contributed by atoms with van der Waals surface area (Å²) in [4.78, 5) is 27.3. The molecule has 2 aromatic heterocycles. The van der Waals surface area contributed by atoms with Gasteiger partial charge in [-0.1, -0.05) is 0 Å². The second-order valence-corrected chi connectivity index (χ2v) is 16.9. The van der Waals surface area contributed by atoms with E-state index in [0.29, 0.717) is 68.6 Å². The van der Waals surface area contributed by atoms with E-state index in [1.54, 1.807) is 58.5 Å². The molecule has 0 unspecified atom stereocenters. The number of hydrogen-bond acceptors (Lipinski definition) is 12. The largest absolute Gasteiger partial charge is 0.494 e. The molecule has 6 rings (SSSR count). The lowest BCUT2D eigenvalue weighted by Gasteiger charge is -2.42. The fourth-order valence-electron chi connectivity index (χ4n) is 6.81. The molecule has 4 N–H and O–H groups in total. The summed E-state index contributed by atoms with van der Waals surface area (Å²) in [5.74, 6) is 1.39. The third kappa shape index (κ3) is 7.77. The van der Waals surface area contributed by atoms with Crippen LogP contribution in [-0.2, 0) is 4.57 Å². The predicted molar refractivity (Wildman–Crippen MR) is 205 cm³/mol. The van der Waals surface area contributed by atoms with E-state index in [1.165, 1.54) is 0 Å². The molecule has 0 spiro atoms. The molecule has 50 heavy (non-hydrogen) atoms. The lowest BCUT2D eigenvalue weighted by molar-refractivity contribution is 0.0981. The van der Waals surface area contributed by atoms with Gasteiger partial charge in [-0.25, -0.2) is 9.37 Å². The third-order valence-electron chi connectivity index (χ3n) is 9.25. The van der Waals surface area contributed by atoms with Crippen LogP contribution in [0.2, 0.25) is 0 Å². The number of aliphatic imine (C=N–C) groups is 1. The lowest BCUT2D eigenvalue weighted by Crippen LogP contribution is -2.48. The quantitative estimate of drug-likeness (QED) is 0.123. The highest BCUT2D eigenvalue weighted by molar-refractivity contribution is 9.10. The van der Waals surface area contributed by atoms with Crippen LogP contribution in [0.15, 0.2) is 58.5 Å². The third-order valence-corrected chi connectivity index (χ3v) is 11.4. The van der Waals surface area contributed by atoms with Gasteiger partial charge in [0.1, 0.15) is 30.4 Å². The monoisotopic (exact) mass is 764 g/mol. The van der Waals surface area contributed by atoms with E-state index < -0.39 is 13.3 Å². The van der Waals surface area contributed by atoms with Crippen molar-refractivity contribution in [2.45, 2.75) is 37.9 Å². The van der Waals surface area contributed by atoms with Crippen molar-refractivity contribution in [1.29, 1.82) is 0 Å². The van der Waals surface area contributed by atoms with Crippen LogP contribution in [0.1, 0.15) is 31.2 Å². The minimum Gasteiger partial charge on any atom is -0.494 e. The second kappa shape index (κ2) is 15.4. The number of nitrogens with zero attached hydrogens (tertiary/aromatic N) is 7. The fraction of sp³-hybridized carbons (Fsp3) is 0.400. The molecule has 0 radical (unpaired) electrons. The first-order valence-corrected chi connectivity index (χ1v) is 20.0. The van der Waals surface area contributed by atoms with Crippen molar-refractivity contribution in [3.05, 3.63) is 59.1 Å². The number of hydrogen-bond donors (Lipinski definition) is 3. The molecule has 2 aliphatic heterocycles. The average molecular weight is 766 g/mol. The molecule has 15 heteroatoms. The zero-order valence-electron chi connectivity index (χ0n) is 28.7. The van der Waals surface area contributed by atoms with Crippen LogP contribution in [0.3, 0.4) is 0 Å². The van der Waals surface area contributed by atoms with E-state index in [9.17, 15) is 8.96 Å². The number of allylic oxidation sites excluding steroid dienone is 1. The lowest BCUT2D eigenvalue weighted by atomic mass is 9.96. The molecule has 2 fully saturated rings. The van der Waals surface area contributed by atoms with Crippen molar-refractivity contribution in [2.24, 2.45) is 10.7 Å². The Kier molecular flexibility index (Phi) is 11.0. The van der Waals surface area contributed by atoms with E-state index >= 15 is 0 Å². The smallest absolute Gasteiger partial charge is 0.229 e. The summed E-state index contributed by atoms with van der Waals surface area (Å²) in [5, 5.41) is 7.29. The van der Waals surface area contributed by atoms with Gasteiger partial charge in [0.15, 0.2) is 0 Å². The molecule has 0 aliphatic carbocycles. The summed E-state index contributed by atoms with van der Waals surface area (Å²) in [6.07, 6.45) is 10.7. The number of anilines is 5. The maximum absolute atomic E-state index is 13.8. The Morgan fingerprint density at radius 1 is 1.06 bits per heavy atom. The van der Waals surface area contributed by atoms with E-state index in [4.69, 9.17) is 15.5 Å². The molecular formula is C35H43BrFN10O2P. The van der Waals surface area contributed by atoms with E-state index in [0.717, 1.165) is 55.8 Å². The summed E-state index contributed by atoms with van der Waals surface area (Å²) >= 11 is 3.57. The van der Waals surface area contributed by atoms with Gasteiger partial charge in [0.2, 0.25) is 5.95 Å². The first kappa shape index (κ1) is 35.7. The zero-order valence-corrected chi connectivity index (χ0v) is 31.2. The molecule has 0 atom stereocenters. The van der Waals surface area contributed by atoms with E-state index in [2.05, 4.69) is 56.3 Å². The average Bonchev–Trinajstić information content (AvgIpc) is 3.11. The van der Waals surface area contributed by atoms with Crippen molar-refractivity contribution < 1.29 is 13.7 Å². The molecule has 2 aromatic carbocycles. The SMILES string of the molecule is CN=CC(=CN)c1cc(Nc2ncc(Br)c(Nc3ccc4nccnc4c3P(C)(C)=O)n2)c(OC)cc1N1CCC(N2CCC(F)CC2)CC1. The molecular weight excluding hydrogens is 722 g/mol. The number of ether oxygens (including phenoxy) is 1. The number of methoxy groups -OCH3 is 1. The number of alkyl halides is 1. The predicted octanol–water partition coefficient (Wildman–Crippen LogP) is 6.33. The number of rotatable bonds is 10. The molecule has 0 amide bonds. The number of benzene rings is 2. The van der Waals surface area contributed by atoms with Crippen LogP contribution in [-0.4, -0.2) is 96.9 Å². The molecule has 0 bridgehead atoms. The first-order valence-electron chi connectivity index (χ1n) is 16.6. The Hall–Kier alpha value is -4.13. The number of piperidine rings is 2. The molecule has 0 saturated carbocycles. The van der Waals surface area contributed by atoms with Gasteiger partial charge < -0.3 is 35.5 Å². The minimum atomic E-state index is -2.79. The van der Waals surface area contributed by atoms with Crippen LogP contribution in [0, 0.1) is 0 Å². The molecule has 4 heterocycles. The topological polar surface area (TPSA) is 147 Å². The standard InChI is InChI=1S/C35H43BrFN10O2P/c1-39-20-22(19-38)25-17-29(31(49-2)18-30(25)47-15-9-24(10-16-47)46-13-7-23(37)8-14-46)44-35-42-21-26(36)34(45-35)43-28-6-5-27-32(41-12-11-40-27)33(28)50(3,4)48/h5-6,11-12,17-21,23-24H,7-10,13-16,38H2,1-4H3,(H2,42,43,44,45). The highest BCUT2D eigenvalue weighted by Crippen LogP contribution is 2.42. The summed E-state index contributed by atoms with van der Waals surface area (Å²) in [7, 11) is 0.558. The Labute approximate surface area is 300 Å². The van der Waals surface area contributed by atoms with Crippen LogP contribution < -0.4 is 31.3 Å². The molecule has 2 aliphatic rings. The van der Waals surface area contributed by atoms with Crippen LogP contribution >= 0.6 is 23.1 Å². The molecule has 264 valence electrons. The number of aromatic nitrogens is 4. The maximum atomic E-state index is 13.8. The number of nitrogens with one attached hydrogen (secondary N) is 2. The fourth-order valence-corrected chi connectivity index (χ4v) is 8.49. The van der Waals surface area contributed by atoms with Gasteiger partial charge >= 0.3 is 0 Å². The van der Waals surface area contributed by atoms with Gasteiger partial charge in [0.25, 0.3) is 0 Å². The Morgan fingerprint density at radius 3 is 2.48 bits per heavy atom. The van der Waals surface area contributed by atoms with Crippen LogP contribution in [0.4, 0.5) is 33.2 Å². The molecule has 4 aromatic rings. The van der Waals surface area contributed by atoms with Gasteiger partial charge in [-0.15, -0.1) is 0 Å². The first-order chi connectivity index (χ1) is 24.1. The van der Waals surface area contributed by atoms with Crippen LogP contribution in [0.5, 0.6) is 5.75 Å². The van der Waals surface area contributed by atoms with Crippen molar-refractivity contribution in [2.75, 3.05) is 69.2 Å². The molecule has 12 nitrogen and oxygen atoms in total. The second-order valence-electron chi connectivity index (χ2n) is 12.9. The van der Waals surface area contributed by atoms with Gasteiger partial charge in [-0.05, 0) is 73.1 Å². The van der Waals surface area contributed by atoms with Gasteiger partial charge in [0, 0.05) is 93.2 Å². The minimum absolute atomic E-state index is 0.311. The van der Waals surface area contributed by atoms with E-state index in [-0.39, 0.29) is 0 Å². The van der Waals surface area contributed by atoms with Gasteiger partial charge in [-0.3, -0.25) is 15.0 Å². The van der Waals surface area contributed by atoms with E-state index in [1.807, 2.05) is 24.3 Å². The summed E-state index contributed by atoms with van der Waals surface area (Å²) < 4.78 is 33.8. The van der Waals surface area contributed by atoms with Crippen molar-refractivity contribution in [3.63, 3.8) is 0 Å². The number of halogens is 2. The Bertz CT molecular complexity index is 1960. The van der Waals surface area contributed by atoms with Gasteiger partial charge in [-0.2, -0.15) is 4.98 Å². The number of likely N-dealkylation sites (tertiary alicyclic amines) is 1. The number of nitrogens with two attached hydrogens (primary N) is 1. The van der Waals surface area contributed by atoms with Crippen LogP contribution in [0.25, 0.3) is 16.6 Å². The highest BCUT2D eigenvalue weighted by atomic mass is 79.9. The molecule has 2 saturated heterocycles. The van der Waals surface area contributed by atoms with Crippen molar-refractivity contribution in [1.82, 2.24) is 24.8 Å². The van der Waals surface area contributed by atoms with Crippen molar-refractivity contribution >= 4 is 80.0 Å². The highest BCUT2D eigenvalue weighted by Gasteiger charge is 2.30. The zero-order chi connectivity index (χ0) is 35.4. The summed E-state index contributed by atoms with van der Waals surface area (Å²) in [6.45, 7) is 6.76. The normalized spacial score (nSPS) is 17.1. The summed E-state index contributed by atoms with van der Waals surface area (Å²) in [6, 6.07) is 8.12.